The number of nitrogens with zero attached hydrogens (tertiary/aromatic N) is 2. The van der Waals surface area contributed by atoms with Crippen LogP contribution in [0.15, 0.2) is 36.7 Å². The third-order valence-corrected chi connectivity index (χ3v) is 2.43. The average Bonchev–Trinajstić information content (AvgIpc) is 2.39. The molecule has 18 heavy (non-hydrogen) atoms. The normalized spacial score (nSPS) is 10.4. The lowest BCUT2D eigenvalue weighted by atomic mass is 10.1. The molecule has 0 fully saturated rings. The van der Waals surface area contributed by atoms with Crippen LogP contribution < -0.4 is 10.1 Å². The van der Waals surface area contributed by atoms with Crippen molar-refractivity contribution in [3.63, 3.8) is 0 Å². The quantitative estimate of drug-likeness (QED) is 0.896. The van der Waals surface area contributed by atoms with Crippen molar-refractivity contribution in [3.05, 3.63) is 36.7 Å². The second-order valence-corrected chi connectivity index (χ2v) is 4.19. The molecular formula is C14H17N3O. The fourth-order valence-corrected chi connectivity index (χ4v) is 1.70. The Kier molecular flexibility index (Phi) is 3.77. The Balaban J connectivity index is 2.28. The minimum Gasteiger partial charge on any atom is -0.491 e. The van der Waals surface area contributed by atoms with Crippen molar-refractivity contribution in [3.8, 4) is 17.0 Å². The Morgan fingerprint density at radius 3 is 2.33 bits per heavy atom. The molecule has 1 heterocycles. The van der Waals surface area contributed by atoms with Gasteiger partial charge < -0.3 is 10.1 Å². The Labute approximate surface area is 107 Å². The number of benzene rings is 1. The Hall–Kier alpha value is -2.10. The molecule has 0 aliphatic carbocycles. The van der Waals surface area contributed by atoms with Crippen molar-refractivity contribution >= 4 is 5.82 Å². The highest BCUT2D eigenvalue weighted by molar-refractivity contribution is 5.71. The van der Waals surface area contributed by atoms with Crippen LogP contribution in [0.4, 0.5) is 5.82 Å². The number of nitrogens with one attached hydrogen (secondary N) is 1. The smallest absolute Gasteiger partial charge is 0.152 e. The number of anilines is 1. The predicted molar refractivity (Wildman–Crippen MR) is 72.8 cm³/mol. The molecule has 1 aromatic heterocycles. The molecule has 0 saturated carbocycles. The molecule has 0 unspecified atom stereocenters. The van der Waals surface area contributed by atoms with Gasteiger partial charge in [-0.3, -0.25) is 4.98 Å². The number of hydrogen-bond acceptors (Lipinski definition) is 4. The van der Waals surface area contributed by atoms with Crippen molar-refractivity contribution in [2.45, 2.75) is 20.0 Å². The number of ether oxygens (including phenoxy) is 1. The first-order valence-corrected chi connectivity index (χ1v) is 5.96. The first-order valence-electron chi connectivity index (χ1n) is 5.96. The summed E-state index contributed by atoms with van der Waals surface area (Å²) < 4.78 is 5.61. The van der Waals surface area contributed by atoms with Gasteiger partial charge in [-0.15, -0.1) is 0 Å². The van der Waals surface area contributed by atoms with Gasteiger partial charge in [0.25, 0.3) is 0 Å². The summed E-state index contributed by atoms with van der Waals surface area (Å²) in [6.45, 7) is 4.02. The Bertz CT molecular complexity index is 509. The topological polar surface area (TPSA) is 47.0 Å². The summed E-state index contributed by atoms with van der Waals surface area (Å²) in [5.41, 5.74) is 1.86. The number of rotatable bonds is 4. The maximum absolute atomic E-state index is 5.61. The molecule has 4 heteroatoms. The van der Waals surface area contributed by atoms with Gasteiger partial charge in [-0.2, -0.15) is 0 Å². The highest BCUT2D eigenvalue weighted by Crippen LogP contribution is 2.25. The first kappa shape index (κ1) is 12.4. The van der Waals surface area contributed by atoms with Crippen LogP contribution in [0.2, 0.25) is 0 Å². The molecule has 1 aromatic carbocycles. The van der Waals surface area contributed by atoms with Gasteiger partial charge in [0.15, 0.2) is 5.82 Å². The van der Waals surface area contributed by atoms with Crippen LogP contribution in [0.25, 0.3) is 11.3 Å². The van der Waals surface area contributed by atoms with E-state index in [-0.39, 0.29) is 6.10 Å². The van der Waals surface area contributed by atoms with Gasteiger partial charge in [0.05, 0.1) is 6.10 Å². The van der Waals surface area contributed by atoms with E-state index >= 15 is 0 Å². The molecule has 2 aromatic rings. The van der Waals surface area contributed by atoms with Gasteiger partial charge in [0, 0.05) is 25.0 Å². The van der Waals surface area contributed by atoms with E-state index in [0.29, 0.717) is 0 Å². The number of hydrogen-bond donors (Lipinski definition) is 1. The summed E-state index contributed by atoms with van der Waals surface area (Å²) in [4.78, 5) is 8.58. The van der Waals surface area contributed by atoms with E-state index in [1.54, 1.807) is 12.4 Å². The van der Waals surface area contributed by atoms with Gasteiger partial charge >= 0.3 is 0 Å². The highest BCUT2D eigenvalue weighted by atomic mass is 16.5. The molecule has 0 aliphatic rings. The third kappa shape index (κ3) is 2.77. The lowest BCUT2D eigenvalue weighted by Crippen LogP contribution is -2.05. The molecule has 0 saturated heterocycles. The van der Waals surface area contributed by atoms with E-state index in [4.69, 9.17) is 4.74 Å². The third-order valence-electron chi connectivity index (χ3n) is 2.43. The molecule has 0 aliphatic heterocycles. The largest absolute Gasteiger partial charge is 0.491 e. The molecular weight excluding hydrogens is 226 g/mol. The zero-order valence-electron chi connectivity index (χ0n) is 10.8. The van der Waals surface area contributed by atoms with Gasteiger partial charge in [0.1, 0.15) is 11.4 Å². The van der Waals surface area contributed by atoms with Gasteiger partial charge in [0.2, 0.25) is 0 Å². The Morgan fingerprint density at radius 1 is 1.06 bits per heavy atom. The maximum atomic E-state index is 5.61. The van der Waals surface area contributed by atoms with E-state index < -0.39 is 0 Å². The van der Waals surface area contributed by atoms with Gasteiger partial charge in [-0.25, -0.2) is 4.98 Å². The van der Waals surface area contributed by atoms with E-state index in [0.717, 1.165) is 22.8 Å². The molecule has 0 atom stereocenters. The van der Waals surface area contributed by atoms with E-state index in [9.17, 15) is 0 Å². The summed E-state index contributed by atoms with van der Waals surface area (Å²) >= 11 is 0. The van der Waals surface area contributed by atoms with E-state index in [2.05, 4.69) is 15.3 Å². The van der Waals surface area contributed by atoms with Crippen molar-refractivity contribution in [2.24, 2.45) is 0 Å². The van der Waals surface area contributed by atoms with Crippen LogP contribution in [-0.2, 0) is 0 Å². The molecule has 4 nitrogen and oxygen atoms in total. The van der Waals surface area contributed by atoms with E-state index in [1.807, 2.05) is 45.2 Å². The summed E-state index contributed by atoms with van der Waals surface area (Å²) in [7, 11) is 1.84. The minimum absolute atomic E-state index is 0.181. The highest BCUT2D eigenvalue weighted by Gasteiger charge is 2.06. The van der Waals surface area contributed by atoms with Crippen LogP contribution in [0.5, 0.6) is 5.75 Å². The molecule has 0 radical (unpaired) electrons. The summed E-state index contributed by atoms with van der Waals surface area (Å²) in [5, 5.41) is 3.04. The maximum Gasteiger partial charge on any atom is 0.152 e. The first-order chi connectivity index (χ1) is 8.70. The van der Waals surface area contributed by atoms with E-state index in [1.165, 1.54) is 0 Å². The molecule has 94 valence electrons. The zero-order chi connectivity index (χ0) is 13.0. The average molecular weight is 243 g/mol. The van der Waals surface area contributed by atoms with Crippen LogP contribution in [0.3, 0.4) is 0 Å². The Morgan fingerprint density at radius 2 is 1.72 bits per heavy atom. The molecule has 0 bridgehead atoms. The molecule has 2 rings (SSSR count). The second-order valence-electron chi connectivity index (χ2n) is 4.19. The van der Waals surface area contributed by atoms with Crippen molar-refractivity contribution in [1.82, 2.24) is 9.97 Å². The SMILES string of the molecule is CNc1nccnc1-c1ccc(OC(C)C)cc1. The standard InChI is InChI=1S/C14H17N3O/c1-10(2)18-12-6-4-11(5-7-12)13-14(15-3)17-9-8-16-13/h4-10H,1-3H3,(H,15,17). The number of aromatic nitrogens is 2. The fourth-order valence-electron chi connectivity index (χ4n) is 1.70. The zero-order valence-corrected chi connectivity index (χ0v) is 10.8. The minimum atomic E-state index is 0.181. The molecule has 1 N–H and O–H groups in total. The lowest BCUT2D eigenvalue weighted by molar-refractivity contribution is 0.242. The van der Waals surface area contributed by atoms with Crippen molar-refractivity contribution in [2.75, 3.05) is 12.4 Å². The van der Waals surface area contributed by atoms with Crippen molar-refractivity contribution < 1.29 is 4.74 Å². The lowest BCUT2D eigenvalue weighted by Gasteiger charge is -2.11. The summed E-state index contributed by atoms with van der Waals surface area (Å²) in [5.74, 6) is 1.64. The molecule has 0 amide bonds. The molecule has 0 spiro atoms. The predicted octanol–water partition coefficient (Wildman–Crippen LogP) is 2.97. The fraction of sp³-hybridized carbons (Fsp3) is 0.286. The van der Waals surface area contributed by atoms with Crippen LogP contribution in [0, 0.1) is 0 Å². The van der Waals surface area contributed by atoms with Crippen molar-refractivity contribution in [1.29, 1.82) is 0 Å². The van der Waals surface area contributed by atoms with Crippen LogP contribution in [-0.4, -0.2) is 23.1 Å². The monoisotopic (exact) mass is 243 g/mol. The second kappa shape index (κ2) is 5.49. The van der Waals surface area contributed by atoms with Crippen LogP contribution in [0.1, 0.15) is 13.8 Å². The summed E-state index contributed by atoms with van der Waals surface area (Å²) in [6, 6.07) is 7.87. The summed E-state index contributed by atoms with van der Waals surface area (Å²) in [6.07, 6.45) is 3.54. The van der Waals surface area contributed by atoms with Gasteiger partial charge in [-0.1, -0.05) is 0 Å². The van der Waals surface area contributed by atoms with Crippen LogP contribution >= 0.6 is 0 Å². The van der Waals surface area contributed by atoms with Gasteiger partial charge in [-0.05, 0) is 38.1 Å².